The van der Waals surface area contributed by atoms with Crippen molar-refractivity contribution in [2.45, 2.75) is 77.4 Å². The Kier molecular flexibility index (Phi) is 6.84. The third-order valence-electron chi connectivity index (χ3n) is 5.39. The van der Waals surface area contributed by atoms with Crippen molar-refractivity contribution in [1.29, 1.82) is 0 Å². The predicted molar refractivity (Wildman–Crippen MR) is 111 cm³/mol. The second kappa shape index (κ2) is 8.62. The molecular formula is C20H30N2O6Si. The summed E-state index contributed by atoms with van der Waals surface area (Å²) in [5, 5.41) is 11.0. The highest BCUT2D eigenvalue weighted by Crippen LogP contribution is 2.41. The Morgan fingerprint density at radius 2 is 1.66 bits per heavy atom. The molecule has 1 heterocycles. The normalized spacial score (nSPS) is 19.7. The molecule has 160 valence electrons. The molecule has 1 aliphatic rings. The molecule has 0 N–H and O–H groups in total. The van der Waals surface area contributed by atoms with Crippen LogP contribution in [0.5, 0.6) is 0 Å². The van der Waals surface area contributed by atoms with Crippen molar-refractivity contribution >= 4 is 26.0 Å². The minimum Gasteiger partial charge on any atom is -0.443 e. The van der Waals surface area contributed by atoms with Gasteiger partial charge in [-0.1, -0.05) is 32.9 Å². The van der Waals surface area contributed by atoms with Crippen LogP contribution < -0.4 is 0 Å². The molecule has 8 nitrogen and oxygen atoms in total. The standard InChI is InChI=1S/C20H30N2O6Si/c1-7-29(8-2,9-3)28-17-16(14-10-12-15(13-11-14)22(25)26)21(18(17)23)19(24)27-20(4,5)6/h10-13,16-17H,7-9H2,1-6H3/t16-,17+/m0/s1. The fraction of sp³-hybridized carbons (Fsp3) is 0.600. The van der Waals surface area contributed by atoms with Crippen molar-refractivity contribution < 1.29 is 23.7 Å². The number of benzene rings is 1. The van der Waals surface area contributed by atoms with Gasteiger partial charge in [0.15, 0.2) is 14.4 Å². The fourth-order valence-electron chi connectivity index (χ4n) is 3.48. The number of amides is 2. The maximum atomic E-state index is 12.9. The lowest BCUT2D eigenvalue weighted by Gasteiger charge is -2.48. The van der Waals surface area contributed by atoms with Crippen LogP contribution in [-0.4, -0.2) is 41.8 Å². The fourth-order valence-corrected chi connectivity index (χ4v) is 6.25. The molecule has 0 spiro atoms. The van der Waals surface area contributed by atoms with Crippen LogP contribution in [0.3, 0.4) is 0 Å². The van der Waals surface area contributed by atoms with Gasteiger partial charge in [-0.25, -0.2) is 9.69 Å². The van der Waals surface area contributed by atoms with Gasteiger partial charge in [-0.3, -0.25) is 14.9 Å². The highest BCUT2D eigenvalue weighted by atomic mass is 28.4. The average molecular weight is 423 g/mol. The number of carbonyl (C=O) groups excluding carboxylic acids is 2. The largest absolute Gasteiger partial charge is 0.443 e. The number of nitro groups is 1. The number of imide groups is 1. The molecule has 1 aromatic rings. The zero-order valence-corrected chi connectivity index (χ0v) is 18.9. The maximum absolute atomic E-state index is 12.9. The average Bonchev–Trinajstić information content (AvgIpc) is 2.66. The van der Waals surface area contributed by atoms with Crippen LogP contribution in [0.25, 0.3) is 0 Å². The van der Waals surface area contributed by atoms with Crippen LogP contribution in [0.2, 0.25) is 18.1 Å². The van der Waals surface area contributed by atoms with Gasteiger partial charge in [0.2, 0.25) is 0 Å². The lowest BCUT2D eigenvalue weighted by molar-refractivity contribution is -0.384. The monoisotopic (exact) mass is 422 g/mol. The zero-order chi connectivity index (χ0) is 22.0. The lowest BCUT2D eigenvalue weighted by atomic mass is 9.91. The van der Waals surface area contributed by atoms with Gasteiger partial charge in [0.1, 0.15) is 11.6 Å². The van der Waals surface area contributed by atoms with Crippen LogP contribution in [0.1, 0.15) is 53.1 Å². The van der Waals surface area contributed by atoms with E-state index in [0.29, 0.717) is 5.56 Å². The Hall–Kier alpha value is -2.26. The van der Waals surface area contributed by atoms with Crippen LogP contribution in [0.15, 0.2) is 24.3 Å². The maximum Gasteiger partial charge on any atom is 0.417 e. The first-order chi connectivity index (χ1) is 13.5. The van der Waals surface area contributed by atoms with Crippen LogP contribution in [0.4, 0.5) is 10.5 Å². The van der Waals surface area contributed by atoms with E-state index in [1.54, 1.807) is 32.9 Å². The van der Waals surface area contributed by atoms with E-state index in [4.69, 9.17) is 9.16 Å². The highest BCUT2D eigenvalue weighted by Gasteiger charge is 2.56. The molecule has 9 heteroatoms. The van der Waals surface area contributed by atoms with Gasteiger partial charge < -0.3 is 9.16 Å². The van der Waals surface area contributed by atoms with E-state index in [9.17, 15) is 19.7 Å². The molecule has 2 rings (SSSR count). The number of likely N-dealkylation sites (tertiary alicyclic amines) is 1. The second-order valence-corrected chi connectivity index (χ2v) is 13.0. The first kappa shape index (κ1) is 23.0. The summed E-state index contributed by atoms with van der Waals surface area (Å²) in [6.07, 6.45) is -1.52. The van der Waals surface area contributed by atoms with Gasteiger partial charge in [0.05, 0.1) is 4.92 Å². The number of β-lactam (4-membered cyclic amide) rings is 1. The van der Waals surface area contributed by atoms with Gasteiger partial charge in [-0.05, 0) is 44.5 Å². The Morgan fingerprint density at radius 3 is 2.07 bits per heavy atom. The van der Waals surface area contributed by atoms with E-state index in [1.807, 2.05) is 0 Å². The Balaban J connectivity index is 2.39. The van der Waals surface area contributed by atoms with Gasteiger partial charge >= 0.3 is 6.09 Å². The molecule has 0 aromatic heterocycles. The predicted octanol–water partition coefficient (Wildman–Crippen LogP) is 4.80. The number of carbonyl (C=O) groups is 2. The SMILES string of the molecule is CC[Si](CC)(CC)O[C@H]1C(=O)N(C(=O)OC(C)(C)C)[C@H]1c1ccc([N+](=O)[O-])cc1. The topological polar surface area (TPSA) is 99.0 Å². The molecule has 0 aliphatic carbocycles. The molecule has 29 heavy (non-hydrogen) atoms. The molecule has 1 saturated heterocycles. The van der Waals surface area contributed by atoms with E-state index in [0.717, 1.165) is 23.0 Å². The quantitative estimate of drug-likeness (QED) is 0.271. The third-order valence-corrected chi connectivity index (χ3v) is 10.0. The Bertz CT molecular complexity index is 762. The van der Waals surface area contributed by atoms with E-state index < -0.39 is 43.0 Å². The van der Waals surface area contributed by atoms with Crippen molar-refractivity contribution in [3.63, 3.8) is 0 Å². The van der Waals surface area contributed by atoms with Gasteiger partial charge in [-0.15, -0.1) is 0 Å². The summed E-state index contributed by atoms with van der Waals surface area (Å²) < 4.78 is 11.8. The number of hydrogen-bond acceptors (Lipinski definition) is 6. The van der Waals surface area contributed by atoms with Crippen molar-refractivity contribution in [2.75, 3.05) is 0 Å². The molecule has 1 aromatic carbocycles. The summed E-state index contributed by atoms with van der Waals surface area (Å²) in [6, 6.07) is 7.80. The van der Waals surface area contributed by atoms with Gasteiger partial charge in [0.25, 0.3) is 11.6 Å². The second-order valence-electron chi connectivity index (χ2n) is 8.26. The molecule has 0 unspecified atom stereocenters. The van der Waals surface area contributed by atoms with Crippen molar-refractivity contribution in [3.05, 3.63) is 39.9 Å². The minimum absolute atomic E-state index is 0.0555. The number of non-ortho nitro benzene ring substituents is 1. The summed E-state index contributed by atoms with van der Waals surface area (Å²) in [5.74, 6) is -0.421. The summed E-state index contributed by atoms with van der Waals surface area (Å²) in [4.78, 5) is 37.1. The smallest absolute Gasteiger partial charge is 0.417 e. The minimum atomic E-state index is -2.11. The zero-order valence-electron chi connectivity index (χ0n) is 17.9. The van der Waals surface area contributed by atoms with E-state index in [-0.39, 0.29) is 5.69 Å². The van der Waals surface area contributed by atoms with Crippen molar-refractivity contribution in [3.8, 4) is 0 Å². The first-order valence-corrected chi connectivity index (χ1v) is 12.5. The van der Waals surface area contributed by atoms with Crippen molar-refractivity contribution in [2.24, 2.45) is 0 Å². The number of rotatable bonds is 7. The van der Waals surface area contributed by atoms with Gasteiger partial charge in [0, 0.05) is 12.1 Å². The van der Waals surface area contributed by atoms with Crippen LogP contribution >= 0.6 is 0 Å². The number of nitrogens with zero attached hydrogens (tertiary/aromatic N) is 2. The van der Waals surface area contributed by atoms with E-state index in [1.165, 1.54) is 12.1 Å². The third kappa shape index (κ3) is 4.84. The summed E-state index contributed by atoms with van der Waals surface area (Å²) >= 11 is 0. The molecule has 0 saturated carbocycles. The first-order valence-electron chi connectivity index (χ1n) is 9.96. The lowest BCUT2D eigenvalue weighted by Crippen LogP contribution is -2.65. The summed E-state index contributed by atoms with van der Waals surface area (Å²) in [7, 11) is -2.11. The molecule has 1 fully saturated rings. The molecule has 1 aliphatic heterocycles. The summed E-state index contributed by atoms with van der Waals surface area (Å²) in [6.45, 7) is 11.4. The van der Waals surface area contributed by atoms with Crippen LogP contribution in [-0.2, 0) is 14.0 Å². The molecule has 0 bridgehead atoms. The molecular weight excluding hydrogens is 392 g/mol. The van der Waals surface area contributed by atoms with E-state index in [2.05, 4.69) is 20.8 Å². The Morgan fingerprint density at radius 1 is 1.14 bits per heavy atom. The number of hydrogen-bond donors (Lipinski definition) is 0. The van der Waals surface area contributed by atoms with Crippen molar-refractivity contribution in [1.82, 2.24) is 4.90 Å². The number of nitro benzene ring substituents is 1. The summed E-state index contributed by atoms with van der Waals surface area (Å²) in [5.41, 5.74) is -0.199. The molecule has 2 atom stereocenters. The number of ether oxygens (including phenoxy) is 1. The van der Waals surface area contributed by atoms with Crippen LogP contribution in [0, 0.1) is 10.1 Å². The highest BCUT2D eigenvalue weighted by molar-refractivity contribution is 6.73. The van der Waals surface area contributed by atoms with E-state index >= 15 is 0 Å². The molecule has 2 amide bonds. The molecule has 0 radical (unpaired) electrons. The Labute approximate surface area is 172 Å². The van der Waals surface area contributed by atoms with Gasteiger partial charge in [-0.2, -0.15) is 0 Å².